The standard InChI is InChI=1S/C20H12F4N2O2/c21-17-3-1-12(2-4-17)13-5-14(7-16(6-13)20(22,23)24)18-10-26(11-19(27)28)9-15(18)8-25/h1-7,9-10H,11H2,(H,27,28). The number of benzene rings is 2. The molecule has 142 valence electrons. The lowest BCUT2D eigenvalue weighted by molar-refractivity contribution is -0.138. The minimum Gasteiger partial charge on any atom is -0.480 e. The zero-order chi connectivity index (χ0) is 20.5. The molecule has 1 aromatic heterocycles. The molecule has 1 N–H and O–H groups in total. The topological polar surface area (TPSA) is 66.0 Å². The summed E-state index contributed by atoms with van der Waals surface area (Å²) in [5.41, 5.74) is -0.0326. The number of nitrogens with zero attached hydrogens (tertiary/aromatic N) is 2. The monoisotopic (exact) mass is 388 g/mol. The highest BCUT2D eigenvalue weighted by atomic mass is 19.4. The lowest BCUT2D eigenvalue weighted by Crippen LogP contribution is -2.06. The Morgan fingerprint density at radius 3 is 2.25 bits per heavy atom. The molecule has 0 unspecified atom stereocenters. The number of carbonyl (C=O) groups is 1. The molecule has 8 heteroatoms. The molecule has 2 aromatic carbocycles. The third kappa shape index (κ3) is 4.04. The molecule has 28 heavy (non-hydrogen) atoms. The summed E-state index contributed by atoms with van der Waals surface area (Å²) >= 11 is 0. The van der Waals surface area contributed by atoms with E-state index < -0.39 is 30.1 Å². The molecule has 0 atom stereocenters. The van der Waals surface area contributed by atoms with E-state index in [4.69, 9.17) is 5.11 Å². The van der Waals surface area contributed by atoms with E-state index in [0.717, 1.165) is 24.3 Å². The van der Waals surface area contributed by atoms with Gasteiger partial charge in [-0.15, -0.1) is 0 Å². The molecule has 0 saturated carbocycles. The third-order valence-electron chi connectivity index (χ3n) is 4.07. The minimum atomic E-state index is -4.64. The lowest BCUT2D eigenvalue weighted by Gasteiger charge is -2.12. The highest BCUT2D eigenvalue weighted by Gasteiger charge is 2.31. The molecular weight excluding hydrogens is 376 g/mol. The Balaban J connectivity index is 2.19. The number of carboxylic acids is 1. The predicted molar refractivity (Wildman–Crippen MR) is 92.6 cm³/mol. The third-order valence-corrected chi connectivity index (χ3v) is 4.07. The summed E-state index contributed by atoms with van der Waals surface area (Å²) in [7, 11) is 0. The van der Waals surface area contributed by atoms with Crippen LogP contribution in [0.3, 0.4) is 0 Å². The van der Waals surface area contributed by atoms with Crippen molar-refractivity contribution in [2.24, 2.45) is 0 Å². The highest BCUT2D eigenvalue weighted by molar-refractivity contribution is 5.78. The van der Waals surface area contributed by atoms with Crippen molar-refractivity contribution in [3.63, 3.8) is 0 Å². The summed E-state index contributed by atoms with van der Waals surface area (Å²) < 4.78 is 54.6. The second kappa shape index (κ2) is 7.19. The summed E-state index contributed by atoms with van der Waals surface area (Å²) in [5, 5.41) is 18.2. The Hall–Kier alpha value is -3.60. The maximum Gasteiger partial charge on any atom is 0.416 e. The molecule has 0 aliphatic carbocycles. The van der Waals surface area contributed by atoms with Crippen LogP contribution in [0.25, 0.3) is 22.3 Å². The molecule has 0 saturated heterocycles. The number of hydrogen-bond acceptors (Lipinski definition) is 2. The van der Waals surface area contributed by atoms with Crippen molar-refractivity contribution in [3.05, 3.63) is 71.8 Å². The fourth-order valence-corrected chi connectivity index (χ4v) is 2.83. The van der Waals surface area contributed by atoms with Crippen LogP contribution in [-0.2, 0) is 17.5 Å². The van der Waals surface area contributed by atoms with E-state index in [1.165, 1.54) is 35.2 Å². The number of aliphatic carboxylic acids is 1. The zero-order valence-electron chi connectivity index (χ0n) is 14.2. The van der Waals surface area contributed by atoms with Gasteiger partial charge in [-0.25, -0.2) is 4.39 Å². The molecule has 1 heterocycles. The van der Waals surface area contributed by atoms with Crippen LogP contribution in [0.4, 0.5) is 17.6 Å². The van der Waals surface area contributed by atoms with E-state index in [1.807, 2.05) is 6.07 Å². The van der Waals surface area contributed by atoms with Gasteiger partial charge in [0.2, 0.25) is 0 Å². The van der Waals surface area contributed by atoms with Crippen LogP contribution >= 0.6 is 0 Å². The first-order chi connectivity index (χ1) is 13.2. The number of halogens is 4. The van der Waals surface area contributed by atoms with Gasteiger partial charge < -0.3 is 9.67 Å². The van der Waals surface area contributed by atoms with Gasteiger partial charge in [0.15, 0.2) is 0 Å². The first-order valence-electron chi connectivity index (χ1n) is 7.97. The second-order valence-electron chi connectivity index (χ2n) is 6.07. The Morgan fingerprint density at radius 2 is 1.68 bits per heavy atom. The van der Waals surface area contributed by atoms with Gasteiger partial charge in [0.25, 0.3) is 0 Å². The molecule has 0 spiro atoms. The van der Waals surface area contributed by atoms with Crippen molar-refractivity contribution in [2.45, 2.75) is 12.7 Å². The van der Waals surface area contributed by atoms with Crippen molar-refractivity contribution in [3.8, 4) is 28.3 Å². The van der Waals surface area contributed by atoms with Gasteiger partial charge in [-0.3, -0.25) is 4.79 Å². The molecule has 4 nitrogen and oxygen atoms in total. The normalized spacial score (nSPS) is 11.2. The van der Waals surface area contributed by atoms with E-state index in [-0.39, 0.29) is 22.3 Å². The Labute approximate surface area is 156 Å². The maximum absolute atomic E-state index is 13.4. The molecule has 0 radical (unpaired) electrons. The summed E-state index contributed by atoms with van der Waals surface area (Å²) in [4.78, 5) is 10.9. The SMILES string of the molecule is N#Cc1cn(CC(=O)O)cc1-c1cc(-c2ccc(F)cc2)cc(C(F)(F)F)c1. The van der Waals surface area contributed by atoms with Gasteiger partial charge in [-0.2, -0.15) is 18.4 Å². The van der Waals surface area contributed by atoms with Crippen LogP contribution in [0.2, 0.25) is 0 Å². The van der Waals surface area contributed by atoms with Crippen molar-refractivity contribution < 1.29 is 27.5 Å². The van der Waals surface area contributed by atoms with Gasteiger partial charge >= 0.3 is 12.1 Å². The summed E-state index contributed by atoms with van der Waals surface area (Å²) in [6, 6.07) is 10.1. The highest BCUT2D eigenvalue weighted by Crippen LogP contribution is 2.37. The summed E-state index contributed by atoms with van der Waals surface area (Å²) in [6.45, 7) is -0.432. The fraction of sp³-hybridized carbons (Fsp3) is 0.100. The Bertz CT molecular complexity index is 1080. The summed E-state index contributed by atoms with van der Waals surface area (Å²) in [6.07, 6.45) is -2.06. The van der Waals surface area contributed by atoms with Crippen molar-refractivity contribution in [2.75, 3.05) is 0 Å². The van der Waals surface area contributed by atoms with Crippen LogP contribution in [0, 0.1) is 17.1 Å². The van der Waals surface area contributed by atoms with Crippen molar-refractivity contribution >= 4 is 5.97 Å². The second-order valence-corrected chi connectivity index (χ2v) is 6.07. The van der Waals surface area contributed by atoms with Crippen LogP contribution in [0.5, 0.6) is 0 Å². The maximum atomic E-state index is 13.4. The zero-order valence-corrected chi connectivity index (χ0v) is 14.2. The Morgan fingerprint density at radius 1 is 1.04 bits per heavy atom. The van der Waals surface area contributed by atoms with Crippen molar-refractivity contribution in [1.82, 2.24) is 4.57 Å². The molecule has 0 aliphatic rings. The molecule has 0 amide bonds. The van der Waals surface area contributed by atoms with Crippen molar-refractivity contribution in [1.29, 1.82) is 5.26 Å². The van der Waals surface area contributed by atoms with Gasteiger partial charge in [-0.05, 0) is 47.0 Å². The number of hydrogen-bond donors (Lipinski definition) is 1. The van der Waals surface area contributed by atoms with Crippen LogP contribution in [0.15, 0.2) is 54.9 Å². The van der Waals surface area contributed by atoms with Crippen LogP contribution < -0.4 is 0 Å². The van der Waals surface area contributed by atoms with Crippen LogP contribution in [0.1, 0.15) is 11.1 Å². The molecule has 0 bridgehead atoms. The molecule has 3 rings (SSSR count). The quantitative estimate of drug-likeness (QED) is 0.644. The predicted octanol–water partition coefficient (Wildman–Crippen LogP) is 4.94. The van der Waals surface area contributed by atoms with Gasteiger partial charge in [-0.1, -0.05) is 12.1 Å². The largest absolute Gasteiger partial charge is 0.480 e. The minimum absolute atomic E-state index is 0.0469. The van der Waals surface area contributed by atoms with E-state index in [1.54, 1.807) is 0 Å². The summed E-state index contributed by atoms with van der Waals surface area (Å²) in [5.74, 6) is -1.67. The number of carboxylic acid groups (broad SMARTS) is 1. The molecular formula is C20H12F4N2O2. The molecule has 0 fully saturated rings. The lowest BCUT2D eigenvalue weighted by atomic mass is 9.95. The van der Waals surface area contributed by atoms with Gasteiger partial charge in [0.1, 0.15) is 18.4 Å². The number of rotatable bonds is 4. The average molecular weight is 388 g/mol. The van der Waals surface area contributed by atoms with Gasteiger partial charge in [0.05, 0.1) is 11.1 Å². The van der Waals surface area contributed by atoms with E-state index >= 15 is 0 Å². The number of aromatic nitrogens is 1. The van der Waals surface area contributed by atoms with E-state index in [0.29, 0.717) is 5.56 Å². The smallest absolute Gasteiger partial charge is 0.416 e. The average Bonchev–Trinajstić information content (AvgIpc) is 3.03. The Kier molecular flexibility index (Phi) is 4.92. The first-order valence-corrected chi connectivity index (χ1v) is 7.97. The number of nitriles is 1. The fourth-order valence-electron chi connectivity index (χ4n) is 2.83. The van der Waals surface area contributed by atoms with E-state index in [2.05, 4.69) is 0 Å². The van der Waals surface area contributed by atoms with Crippen LogP contribution in [-0.4, -0.2) is 15.6 Å². The van der Waals surface area contributed by atoms with Gasteiger partial charge in [0, 0.05) is 18.0 Å². The molecule has 3 aromatic rings. The first kappa shape index (κ1) is 19.2. The molecule has 0 aliphatic heterocycles. The van der Waals surface area contributed by atoms with E-state index in [9.17, 15) is 27.6 Å². The number of alkyl halides is 3.